The molecule has 0 fully saturated rings. The first-order chi connectivity index (χ1) is 11.3. The van der Waals surface area contributed by atoms with Crippen molar-refractivity contribution in [2.24, 2.45) is 0 Å². The molecule has 2 aromatic rings. The Morgan fingerprint density at radius 2 is 1.83 bits per heavy atom. The Kier molecular flexibility index (Phi) is 5.46. The highest BCUT2D eigenvalue weighted by Gasteiger charge is 2.16. The van der Waals surface area contributed by atoms with Crippen LogP contribution in [0.4, 0.5) is 5.69 Å². The number of benzene rings is 2. The summed E-state index contributed by atoms with van der Waals surface area (Å²) in [7, 11) is -1.87. The normalized spacial score (nSPS) is 12.3. The van der Waals surface area contributed by atoms with E-state index >= 15 is 0 Å². The molecule has 0 bridgehead atoms. The van der Waals surface area contributed by atoms with Crippen LogP contribution in [0.5, 0.6) is 5.75 Å². The number of ether oxygens (including phenoxy) is 1. The van der Waals surface area contributed by atoms with Crippen LogP contribution >= 0.6 is 0 Å². The number of amides is 1. The fourth-order valence-corrected chi connectivity index (χ4v) is 2.87. The lowest BCUT2D eigenvalue weighted by molar-refractivity contribution is 0.0939. The summed E-state index contributed by atoms with van der Waals surface area (Å²) < 4.78 is 30.5. The molecule has 6 nitrogen and oxygen atoms in total. The zero-order valence-electron chi connectivity index (χ0n) is 13.7. The number of sulfonamides is 1. The van der Waals surface area contributed by atoms with E-state index in [-0.39, 0.29) is 11.9 Å². The fourth-order valence-electron chi connectivity index (χ4n) is 2.29. The van der Waals surface area contributed by atoms with Crippen molar-refractivity contribution in [3.8, 4) is 5.75 Å². The molecule has 0 saturated carbocycles. The van der Waals surface area contributed by atoms with E-state index in [0.717, 1.165) is 6.26 Å². The minimum absolute atomic E-state index is 0.268. The van der Waals surface area contributed by atoms with Gasteiger partial charge >= 0.3 is 0 Å². The average Bonchev–Trinajstić information content (AvgIpc) is 2.53. The van der Waals surface area contributed by atoms with E-state index < -0.39 is 10.0 Å². The first kappa shape index (κ1) is 17.8. The molecular weight excluding hydrogens is 328 g/mol. The molecule has 0 heterocycles. The number of hydrogen-bond acceptors (Lipinski definition) is 4. The Hall–Kier alpha value is -2.54. The van der Waals surface area contributed by atoms with Gasteiger partial charge in [-0.25, -0.2) is 8.42 Å². The van der Waals surface area contributed by atoms with E-state index in [0.29, 0.717) is 22.6 Å². The first-order valence-electron chi connectivity index (χ1n) is 7.32. The zero-order chi connectivity index (χ0) is 17.7. The number of carbonyl (C=O) groups is 1. The Labute approximate surface area is 141 Å². The highest BCUT2D eigenvalue weighted by molar-refractivity contribution is 7.92. The number of carbonyl (C=O) groups excluding carboxylic acids is 1. The molecule has 0 aliphatic carbocycles. The standard InChI is InChI=1S/C17H20N2O4S/c1-12(15-9-4-5-10-16(15)19-24(3,21)22)18-17(20)13-7-6-8-14(11-13)23-2/h4-12,19H,1-3H3,(H,18,20). The van der Waals surface area contributed by atoms with E-state index in [1.807, 2.05) is 0 Å². The summed E-state index contributed by atoms with van der Waals surface area (Å²) in [4.78, 5) is 12.4. The monoisotopic (exact) mass is 348 g/mol. The SMILES string of the molecule is COc1cccc(C(=O)NC(C)c2ccccc2NS(C)(=O)=O)c1. The molecule has 1 atom stereocenters. The van der Waals surface area contributed by atoms with Gasteiger partial charge in [-0.15, -0.1) is 0 Å². The Morgan fingerprint density at radius 1 is 1.12 bits per heavy atom. The van der Waals surface area contributed by atoms with Gasteiger partial charge in [0.15, 0.2) is 0 Å². The summed E-state index contributed by atoms with van der Waals surface area (Å²) in [5.74, 6) is 0.324. The van der Waals surface area contributed by atoms with Gasteiger partial charge in [0.05, 0.1) is 25.1 Å². The lowest BCUT2D eigenvalue weighted by atomic mass is 10.1. The van der Waals surface area contributed by atoms with Crippen molar-refractivity contribution >= 4 is 21.6 Å². The van der Waals surface area contributed by atoms with Gasteiger partial charge < -0.3 is 10.1 Å². The van der Waals surface area contributed by atoms with Gasteiger partial charge in [-0.05, 0) is 36.8 Å². The van der Waals surface area contributed by atoms with Crippen LogP contribution in [0.1, 0.15) is 28.9 Å². The highest BCUT2D eigenvalue weighted by atomic mass is 32.2. The minimum atomic E-state index is -3.40. The van der Waals surface area contributed by atoms with Crippen LogP contribution in [0, 0.1) is 0 Å². The predicted molar refractivity (Wildman–Crippen MR) is 93.8 cm³/mol. The van der Waals surface area contributed by atoms with Crippen LogP contribution in [0.3, 0.4) is 0 Å². The molecule has 0 aliphatic rings. The molecule has 0 spiro atoms. The van der Waals surface area contributed by atoms with Gasteiger partial charge in [0.1, 0.15) is 5.75 Å². The van der Waals surface area contributed by atoms with Crippen LogP contribution in [-0.4, -0.2) is 27.7 Å². The molecule has 2 rings (SSSR count). The van der Waals surface area contributed by atoms with E-state index in [1.54, 1.807) is 55.5 Å². The maximum atomic E-state index is 12.4. The molecule has 7 heteroatoms. The molecule has 0 aliphatic heterocycles. The van der Waals surface area contributed by atoms with Crippen molar-refractivity contribution in [1.29, 1.82) is 0 Å². The molecular formula is C17H20N2O4S. The Bertz CT molecular complexity index is 834. The fraction of sp³-hybridized carbons (Fsp3) is 0.235. The second-order valence-electron chi connectivity index (χ2n) is 5.39. The van der Waals surface area contributed by atoms with Gasteiger partial charge in [-0.2, -0.15) is 0 Å². The summed E-state index contributed by atoms with van der Waals surface area (Å²) in [6.45, 7) is 1.79. The number of rotatable bonds is 6. The molecule has 0 saturated heterocycles. The predicted octanol–water partition coefficient (Wildman–Crippen LogP) is 2.56. The van der Waals surface area contributed by atoms with Crippen molar-refractivity contribution in [3.63, 3.8) is 0 Å². The summed E-state index contributed by atoms with van der Waals surface area (Å²) in [5, 5.41) is 2.86. The largest absolute Gasteiger partial charge is 0.497 e. The summed E-state index contributed by atoms with van der Waals surface area (Å²) in [6.07, 6.45) is 1.09. The number of nitrogens with one attached hydrogen (secondary N) is 2. The van der Waals surface area contributed by atoms with Gasteiger partial charge in [0, 0.05) is 5.56 Å². The third-order valence-corrected chi connectivity index (χ3v) is 3.99. The quantitative estimate of drug-likeness (QED) is 0.840. The van der Waals surface area contributed by atoms with Crippen LogP contribution in [0.2, 0.25) is 0 Å². The molecule has 1 unspecified atom stereocenters. The van der Waals surface area contributed by atoms with Crippen molar-refractivity contribution < 1.29 is 17.9 Å². The molecule has 2 N–H and O–H groups in total. The maximum Gasteiger partial charge on any atom is 0.251 e. The third-order valence-electron chi connectivity index (χ3n) is 3.40. The second kappa shape index (κ2) is 7.35. The number of anilines is 1. The first-order valence-corrected chi connectivity index (χ1v) is 9.21. The summed E-state index contributed by atoms with van der Waals surface area (Å²) in [6, 6.07) is 13.4. The smallest absolute Gasteiger partial charge is 0.251 e. The number of para-hydroxylation sites is 1. The van der Waals surface area contributed by atoms with Crippen LogP contribution < -0.4 is 14.8 Å². The van der Waals surface area contributed by atoms with Gasteiger partial charge in [-0.3, -0.25) is 9.52 Å². The summed E-state index contributed by atoms with van der Waals surface area (Å²) >= 11 is 0. The molecule has 128 valence electrons. The lowest BCUT2D eigenvalue weighted by Gasteiger charge is -2.18. The molecule has 0 radical (unpaired) electrons. The topological polar surface area (TPSA) is 84.5 Å². The van der Waals surface area contributed by atoms with Gasteiger partial charge in [0.25, 0.3) is 5.91 Å². The third kappa shape index (κ3) is 4.73. The van der Waals surface area contributed by atoms with Crippen molar-refractivity contribution in [2.45, 2.75) is 13.0 Å². The van der Waals surface area contributed by atoms with Gasteiger partial charge in [0.2, 0.25) is 10.0 Å². The molecule has 1 amide bonds. The number of hydrogen-bond donors (Lipinski definition) is 2. The van der Waals surface area contributed by atoms with Crippen molar-refractivity contribution in [1.82, 2.24) is 5.32 Å². The van der Waals surface area contributed by atoms with E-state index in [2.05, 4.69) is 10.0 Å². The molecule has 2 aromatic carbocycles. The van der Waals surface area contributed by atoms with Crippen LogP contribution in [0.25, 0.3) is 0 Å². The zero-order valence-corrected chi connectivity index (χ0v) is 14.6. The highest BCUT2D eigenvalue weighted by Crippen LogP contribution is 2.24. The Balaban J connectivity index is 2.20. The van der Waals surface area contributed by atoms with E-state index in [1.165, 1.54) is 7.11 Å². The lowest BCUT2D eigenvalue weighted by Crippen LogP contribution is -2.27. The van der Waals surface area contributed by atoms with E-state index in [4.69, 9.17) is 4.74 Å². The molecule has 0 aromatic heterocycles. The second-order valence-corrected chi connectivity index (χ2v) is 7.14. The molecule has 24 heavy (non-hydrogen) atoms. The summed E-state index contributed by atoms with van der Waals surface area (Å²) in [5.41, 5.74) is 1.59. The minimum Gasteiger partial charge on any atom is -0.497 e. The van der Waals surface area contributed by atoms with Gasteiger partial charge in [-0.1, -0.05) is 24.3 Å². The van der Waals surface area contributed by atoms with Crippen LogP contribution in [0.15, 0.2) is 48.5 Å². The Morgan fingerprint density at radius 3 is 2.50 bits per heavy atom. The van der Waals surface area contributed by atoms with Crippen molar-refractivity contribution in [2.75, 3.05) is 18.1 Å². The average molecular weight is 348 g/mol. The maximum absolute atomic E-state index is 12.4. The van der Waals surface area contributed by atoms with E-state index in [9.17, 15) is 13.2 Å². The van der Waals surface area contributed by atoms with Crippen molar-refractivity contribution in [3.05, 3.63) is 59.7 Å². The van der Waals surface area contributed by atoms with Crippen LogP contribution in [-0.2, 0) is 10.0 Å². The number of methoxy groups -OCH3 is 1.